The minimum Gasteiger partial charge on any atom is -0.507 e. The van der Waals surface area contributed by atoms with E-state index in [0.29, 0.717) is 16.7 Å². The van der Waals surface area contributed by atoms with Crippen molar-refractivity contribution in [3.8, 4) is 16.9 Å². The average molecular weight is 659 g/mol. The number of hydrogen-bond acceptors (Lipinski definition) is 8. The zero-order valence-corrected chi connectivity index (χ0v) is 26.7. The number of nitrogens with two attached hydrogens (primary N) is 1. The van der Waals surface area contributed by atoms with Gasteiger partial charge >= 0.3 is 0 Å². The summed E-state index contributed by atoms with van der Waals surface area (Å²) in [5.74, 6) is -10.0. The molecule has 0 spiro atoms. The maximum absolute atomic E-state index is 14.4. The molecule has 4 atom stereocenters. The van der Waals surface area contributed by atoms with E-state index in [0.717, 1.165) is 12.5 Å². The number of fused-ring (bicyclic) bond motifs is 3. The topological polar surface area (TPSA) is 150 Å². The quantitative estimate of drug-likeness (QED) is 0.202. The number of aromatic hydroxyl groups is 1. The minimum atomic E-state index is -3.05. The highest BCUT2D eigenvalue weighted by Crippen LogP contribution is 2.54. The van der Waals surface area contributed by atoms with E-state index in [1.807, 2.05) is 30.3 Å². The molecule has 1 unspecified atom stereocenters. The van der Waals surface area contributed by atoms with E-state index in [1.54, 1.807) is 25.1 Å². The second kappa shape index (κ2) is 12.0. The number of nitrogens with zero attached hydrogens (tertiary/aromatic N) is 1. The highest BCUT2D eigenvalue weighted by molar-refractivity contribution is 6.32. The first-order valence-electron chi connectivity index (χ1n) is 15.6. The number of primary amides is 1. The van der Waals surface area contributed by atoms with Gasteiger partial charge in [-0.1, -0.05) is 60.7 Å². The number of Topliss-reactive ketones (excluding diaryl/α,β-unsaturated/α-hetero) is 2. The first-order chi connectivity index (χ1) is 22.6. The number of hydrogen-bond donors (Lipinski definition) is 4. The fourth-order valence-corrected chi connectivity index (χ4v) is 7.49. The molecule has 0 radical (unpaired) electrons. The monoisotopic (exact) mass is 658 g/mol. The van der Waals surface area contributed by atoms with Crippen molar-refractivity contribution in [3.63, 3.8) is 0 Å². The van der Waals surface area contributed by atoms with Crippen molar-refractivity contribution in [2.75, 3.05) is 20.6 Å². The molecule has 1 amide bonds. The Bertz CT molecular complexity index is 1880. The molecule has 0 saturated heterocycles. The van der Waals surface area contributed by atoms with Gasteiger partial charge in [-0.2, -0.15) is 0 Å². The molecule has 6 rings (SSSR count). The van der Waals surface area contributed by atoms with Gasteiger partial charge in [0.25, 0.3) is 11.8 Å². The van der Waals surface area contributed by atoms with Crippen LogP contribution < -0.4 is 5.73 Å². The standard InChI is InChI=1S/C37H36F2N2O7/c1-36(38,39)22-11-9-20(10-12-22)23-13-14-27(42)29-24(23)15-21-16-26-25(17-41(2)3)32(48-18-19-7-5-4-6-8-19)30(35(40)46)34(45)37(26,47)33(44)28(21)31(29)43/h4-14,21,25-26,42-43,47H,15-18H2,1-3H3,(H2,40,46)/t21-,25?,26-,37-/m0/s1. The number of alkyl halides is 2. The van der Waals surface area contributed by atoms with E-state index in [-0.39, 0.29) is 54.2 Å². The van der Waals surface area contributed by atoms with Gasteiger partial charge in [-0.15, -0.1) is 0 Å². The SMILES string of the molecule is CN(C)CC1C(OCc2ccccc2)=C(C(N)=O)C(=O)[C@@]2(O)C(=O)C3=C(O)c4c(O)ccc(-c5ccc(C(C)(F)F)cc5)c4C[C@H]3C[C@@H]12. The predicted molar refractivity (Wildman–Crippen MR) is 172 cm³/mol. The van der Waals surface area contributed by atoms with E-state index < -0.39 is 58.1 Å². The van der Waals surface area contributed by atoms with Crippen LogP contribution in [0.5, 0.6) is 5.75 Å². The van der Waals surface area contributed by atoms with Crippen LogP contribution in [0, 0.1) is 17.8 Å². The fourth-order valence-electron chi connectivity index (χ4n) is 7.49. The van der Waals surface area contributed by atoms with Crippen molar-refractivity contribution < 1.29 is 43.2 Å². The number of benzene rings is 3. The van der Waals surface area contributed by atoms with Crippen molar-refractivity contribution in [1.29, 1.82) is 0 Å². The zero-order chi connectivity index (χ0) is 34.7. The average Bonchev–Trinajstić information content (AvgIpc) is 3.03. The Hall–Kier alpha value is -4.87. The van der Waals surface area contributed by atoms with Gasteiger partial charge in [0, 0.05) is 36.4 Å². The maximum Gasteiger partial charge on any atom is 0.270 e. The molecule has 0 aliphatic heterocycles. The molecule has 0 heterocycles. The molecule has 1 fully saturated rings. The number of halogens is 2. The Morgan fingerprint density at radius 2 is 1.69 bits per heavy atom. The van der Waals surface area contributed by atoms with Crippen LogP contribution in [0.3, 0.4) is 0 Å². The van der Waals surface area contributed by atoms with E-state index in [2.05, 4.69) is 0 Å². The number of carbonyl (C=O) groups excluding carboxylic acids is 3. The lowest BCUT2D eigenvalue weighted by Gasteiger charge is -2.50. The van der Waals surface area contributed by atoms with Crippen molar-refractivity contribution in [2.24, 2.45) is 23.5 Å². The third kappa shape index (κ3) is 5.36. The first-order valence-corrected chi connectivity index (χ1v) is 15.6. The Kier molecular flexibility index (Phi) is 8.25. The van der Waals surface area contributed by atoms with Crippen LogP contribution in [0.15, 0.2) is 83.6 Å². The van der Waals surface area contributed by atoms with Crippen LogP contribution in [0.25, 0.3) is 16.9 Å². The van der Waals surface area contributed by atoms with Gasteiger partial charge in [-0.3, -0.25) is 14.4 Å². The van der Waals surface area contributed by atoms with Gasteiger partial charge in [0.2, 0.25) is 11.6 Å². The Balaban J connectivity index is 1.47. The molecular formula is C37H36F2N2O7. The summed E-state index contributed by atoms with van der Waals surface area (Å²) in [5.41, 5.74) is 4.26. The van der Waals surface area contributed by atoms with Crippen LogP contribution in [0.2, 0.25) is 0 Å². The fraction of sp³-hybridized carbons (Fsp3) is 0.324. The lowest BCUT2D eigenvalue weighted by molar-refractivity contribution is -0.162. The number of phenolic OH excluding ortho intramolecular Hbond substituents is 1. The third-order valence-corrected chi connectivity index (χ3v) is 9.70. The summed E-state index contributed by atoms with van der Waals surface area (Å²) in [6.45, 7) is 0.982. The van der Waals surface area contributed by atoms with Gasteiger partial charge < -0.3 is 30.7 Å². The molecule has 250 valence electrons. The summed E-state index contributed by atoms with van der Waals surface area (Å²) in [5, 5.41) is 34.7. The summed E-state index contributed by atoms with van der Waals surface area (Å²) < 4.78 is 34.0. The molecular weight excluding hydrogens is 622 g/mol. The second-order valence-corrected chi connectivity index (χ2v) is 13.1. The molecule has 5 N–H and O–H groups in total. The number of carbonyl (C=O) groups is 3. The van der Waals surface area contributed by atoms with Crippen LogP contribution in [-0.2, 0) is 38.1 Å². The molecule has 1 saturated carbocycles. The van der Waals surface area contributed by atoms with E-state index in [1.165, 1.54) is 30.3 Å². The second-order valence-electron chi connectivity index (χ2n) is 13.1. The smallest absolute Gasteiger partial charge is 0.270 e. The summed E-state index contributed by atoms with van der Waals surface area (Å²) >= 11 is 0. The molecule has 3 aromatic carbocycles. The molecule has 48 heavy (non-hydrogen) atoms. The van der Waals surface area contributed by atoms with Crippen molar-refractivity contribution in [2.45, 2.75) is 37.9 Å². The van der Waals surface area contributed by atoms with E-state index >= 15 is 0 Å². The van der Waals surface area contributed by atoms with Crippen molar-refractivity contribution in [3.05, 3.63) is 106 Å². The summed E-state index contributed by atoms with van der Waals surface area (Å²) in [7, 11) is 3.53. The highest BCUT2D eigenvalue weighted by Gasteiger charge is 2.64. The van der Waals surface area contributed by atoms with Crippen LogP contribution in [0.4, 0.5) is 8.78 Å². The Morgan fingerprint density at radius 1 is 1.02 bits per heavy atom. The van der Waals surface area contributed by atoms with Crippen LogP contribution in [0.1, 0.15) is 35.6 Å². The maximum atomic E-state index is 14.4. The predicted octanol–water partition coefficient (Wildman–Crippen LogP) is 4.65. The number of rotatable bonds is 8. The minimum absolute atomic E-state index is 0.00259. The van der Waals surface area contributed by atoms with Gasteiger partial charge in [0.15, 0.2) is 5.60 Å². The molecule has 9 nitrogen and oxygen atoms in total. The van der Waals surface area contributed by atoms with Gasteiger partial charge in [-0.25, -0.2) is 8.78 Å². The summed E-state index contributed by atoms with van der Waals surface area (Å²) in [4.78, 5) is 43.1. The lowest BCUT2D eigenvalue weighted by atomic mass is 9.55. The number of amides is 1. The molecule has 3 aliphatic rings. The Morgan fingerprint density at radius 3 is 2.29 bits per heavy atom. The van der Waals surface area contributed by atoms with Crippen LogP contribution in [-0.4, -0.2) is 63.9 Å². The van der Waals surface area contributed by atoms with E-state index in [4.69, 9.17) is 10.5 Å². The first kappa shape index (κ1) is 33.0. The van der Waals surface area contributed by atoms with Crippen molar-refractivity contribution in [1.82, 2.24) is 4.90 Å². The number of aliphatic hydroxyl groups is 2. The third-order valence-electron chi connectivity index (χ3n) is 9.70. The number of phenols is 1. The zero-order valence-electron chi connectivity index (χ0n) is 26.7. The largest absolute Gasteiger partial charge is 0.507 e. The van der Waals surface area contributed by atoms with Gasteiger partial charge in [-0.05, 0) is 61.2 Å². The van der Waals surface area contributed by atoms with E-state index in [9.17, 15) is 38.5 Å². The summed E-state index contributed by atoms with van der Waals surface area (Å²) in [6.07, 6.45) is 0.156. The molecule has 11 heteroatoms. The number of ether oxygens (including phenoxy) is 1. The number of ketones is 2. The normalized spacial score (nSPS) is 23.9. The molecule has 3 aromatic rings. The Labute approximate surface area is 275 Å². The number of aliphatic hydroxyl groups excluding tert-OH is 1. The van der Waals surface area contributed by atoms with Gasteiger partial charge in [0.1, 0.15) is 29.4 Å². The van der Waals surface area contributed by atoms with Crippen molar-refractivity contribution >= 4 is 23.2 Å². The highest BCUT2D eigenvalue weighted by atomic mass is 19.3. The lowest BCUT2D eigenvalue weighted by Crippen LogP contribution is -2.64. The molecule has 3 aliphatic carbocycles. The molecule has 0 aromatic heterocycles. The molecule has 0 bridgehead atoms. The van der Waals surface area contributed by atoms with Gasteiger partial charge in [0.05, 0.1) is 5.56 Å². The summed E-state index contributed by atoms with van der Waals surface area (Å²) in [6, 6.07) is 17.7. The van der Waals surface area contributed by atoms with Crippen LogP contribution >= 0.6 is 0 Å².